The van der Waals surface area contributed by atoms with E-state index in [0.717, 1.165) is 21.8 Å². The Morgan fingerprint density at radius 3 is 2.92 bits per heavy atom. The van der Waals surface area contributed by atoms with Crippen molar-refractivity contribution in [2.24, 2.45) is 0 Å². The van der Waals surface area contributed by atoms with E-state index in [9.17, 15) is 4.79 Å². The number of hydrogen-bond acceptors (Lipinski definition) is 4. The smallest absolute Gasteiger partial charge is 0.272 e. The van der Waals surface area contributed by atoms with Crippen molar-refractivity contribution in [2.75, 3.05) is 0 Å². The molecule has 130 valence electrons. The molecule has 0 bridgehead atoms. The largest absolute Gasteiger partial charge is 0.346 e. The van der Waals surface area contributed by atoms with Gasteiger partial charge in [0.05, 0.1) is 22.6 Å². The summed E-state index contributed by atoms with van der Waals surface area (Å²) < 4.78 is 1.92. The highest BCUT2D eigenvalue weighted by molar-refractivity contribution is 7.15. The molecule has 4 aromatic rings. The molecule has 2 N–H and O–H groups in total. The van der Waals surface area contributed by atoms with Crippen molar-refractivity contribution in [1.29, 1.82) is 0 Å². The highest BCUT2D eigenvalue weighted by Gasteiger charge is 2.13. The Bertz CT molecular complexity index is 1030. The third-order valence-electron chi connectivity index (χ3n) is 4.03. The number of benzene rings is 1. The lowest BCUT2D eigenvalue weighted by Crippen LogP contribution is -2.23. The number of aromatic nitrogens is 4. The van der Waals surface area contributed by atoms with Gasteiger partial charge in [0.25, 0.3) is 5.91 Å². The number of nitrogens with one attached hydrogen (secondary N) is 2. The molecule has 3 aromatic heterocycles. The van der Waals surface area contributed by atoms with Crippen LogP contribution in [0, 0.1) is 6.92 Å². The maximum atomic E-state index is 12.5. The Hall–Kier alpha value is -3.19. The van der Waals surface area contributed by atoms with Crippen molar-refractivity contribution >= 4 is 17.2 Å². The Labute approximate surface area is 154 Å². The van der Waals surface area contributed by atoms with Gasteiger partial charge in [-0.3, -0.25) is 9.89 Å². The molecule has 0 atom stereocenters. The van der Waals surface area contributed by atoms with Crippen LogP contribution in [0.5, 0.6) is 0 Å². The van der Waals surface area contributed by atoms with E-state index in [1.54, 1.807) is 29.9 Å². The SMILES string of the molecule is Cc1ccc(-c2cc(C(=O)NCc3ccccc3-n3ccnc3)n[nH]2)s1. The third kappa shape index (κ3) is 3.29. The van der Waals surface area contributed by atoms with Gasteiger partial charge < -0.3 is 9.88 Å². The standard InChI is InChI=1S/C19H17N5OS/c1-13-6-7-18(26-13)15-10-16(23-22-15)19(25)21-11-14-4-2-3-5-17(14)24-9-8-20-12-24/h2-10,12H,11H2,1H3,(H,21,25)(H,22,23). The van der Waals surface area contributed by atoms with Crippen molar-refractivity contribution < 1.29 is 4.79 Å². The second-order valence-corrected chi connectivity index (χ2v) is 7.15. The molecule has 1 amide bonds. The number of H-pyrrole nitrogens is 1. The van der Waals surface area contributed by atoms with E-state index in [1.807, 2.05) is 47.2 Å². The lowest BCUT2D eigenvalue weighted by atomic mass is 10.1. The fourth-order valence-corrected chi connectivity index (χ4v) is 3.56. The number of nitrogens with zero attached hydrogens (tertiary/aromatic N) is 3. The summed E-state index contributed by atoms with van der Waals surface area (Å²) in [5, 5.41) is 10.0. The molecule has 0 aliphatic rings. The molecule has 0 saturated carbocycles. The van der Waals surface area contributed by atoms with E-state index in [4.69, 9.17) is 0 Å². The van der Waals surface area contributed by atoms with E-state index >= 15 is 0 Å². The minimum Gasteiger partial charge on any atom is -0.346 e. The monoisotopic (exact) mass is 363 g/mol. The number of aromatic amines is 1. The van der Waals surface area contributed by atoms with Crippen molar-refractivity contribution in [2.45, 2.75) is 13.5 Å². The van der Waals surface area contributed by atoms with E-state index in [1.165, 1.54) is 4.88 Å². The summed E-state index contributed by atoms with van der Waals surface area (Å²) >= 11 is 1.66. The topological polar surface area (TPSA) is 75.6 Å². The van der Waals surface area contributed by atoms with Gasteiger partial charge in [-0.15, -0.1) is 11.3 Å². The lowest BCUT2D eigenvalue weighted by molar-refractivity contribution is 0.0946. The summed E-state index contributed by atoms with van der Waals surface area (Å²) in [7, 11) is 0. The molecule has 4 rings (SSSR count). The van der Waals surface area contributed by atoms with Gasteiger partial charge >= 0.3 is 0 Å². The van der Waals surface area contributed by atoms with E-state index in [-0.39, 0.29) is 5.91 Å². The van der Waals surface area contributed by atoms with Crippen LogP contribution in [0.1, 0.15) is 20.9 Å². The molecule has 0 unspecified atom stereocenters. The molecule has 0 aliphatic heterocycles. The summed E-state index contributed by atoms with van der Waals surface area (Å²) in [5.41, 5.74) is 3.23. The summed E-state index contributed by atoms with van der Waals surface area (Å²) in [5.74, 6) is -0.207. The number of para-hydroxylation sites is 1. The Kier molecular flexibility index (Phi) is 4.37. The number of carbonyl (C=O) groups excluding carboxylic acids is 1. The average Bonchev–Trinajstić information content (AvgIpc) is 3.40. The first kappa shape index (κ1) is 16.3. The number of hydrogen-bond donors (Lipinski definition) is 2. The highest BCUT2D eigenvalue weighted by Crippen LogP contribution is 2.26. The van der Waals surface area contributed by atoms with Gasteiger partial charge in [0.1, 0.15) is 0 Å². The average molecular weight is 363 g/mol. The van der Waals surface area contributed by atoms with Gasteiger partial charge in [0.2, 0.25) is 0 Å². The number of imidazole rings is 1. The van der Waals surface area contributed by atoms with Crippen LogP contribution in [0.25, 0.3) is 16.3 Å². The van der Waals surface area contributed by atoms with Crippen LogP contribution in [0.4, 0.5) is 0 Å². The molecule has 0 spiro atoms. The van der Waals surface area contributed by atoms with Crippen molar-refractivity contribution in [1.82, 2.24) is 25.1 Å². The van der Waals surface area contributed by atoms with Crippen LogP contribution in [0.15, 0.2) is 61.2 Å². The van der Waals surface area contributed by atoms with Crippen LogP contribution >= 0.6 is 11.3 Å². The predicted octanol–water partition coefficient (Wildman–Crippen LogP) is 3.56. The summed E-state index contributed by atoms with van der Waals surface area (Å²) in [6.07, 6.45) is 5.35. The fraction of sp³-hybridized carbons (Fsp3) is 0.105. The zero-order valence-electron chi connectivity index (χ0n) is 14.1. The Morgan fingerprint density at radius 2 is 2.15 bits per heavy atom. The molecule has 26 heavy (non-hydrogen) atoms. The summed E-state index contributed by atoms with van der Waals surface area (Å²) in [6, 6.07) is 13.7. The van der Waals surface area contributed by atoms with Gasteiger partial charge in [0, 0.05) is 23.8 Å². The minimum atomic E-state index is -0.207. The molecule has 0 radical (unpaired) electrons. The summed E-state index contributed by atoms with van der Waals surface area (Å²) in [6.45, 7) is 2.46. The zero-order chi connectivity index (χ0) is 17.9. The third-order valence-corrected chi connectivity index (χ3v) is 5.06. The van der Waals surface area contributed by atoms with Crippen molar-refractivity contribution in [3.63, 3.8) is 0 Å². The zero-order valence-corrected chi connectivity index (χ0v) is 15.0. The Balaban J connectivity index is 1.48. The second kappa shape index (κ2) is 6.97. The fourth-order valence-electron chi connectivity index (χ4n) is 2.72. The maximum absolute atomic E-state index is 12.5. The van der Waals surface area contributed by atoms with Crippen molar-refractivity contribution in [3.05, 3.63) is 77.3 Å². The molecular formula is C19H17N5OS. The van der Waals surface area contributed by atoms with Crippen LogP contribution in [-0.2, 0) is 6.54 Å². The predicted molar refractivity (Wildman–Crippen MR) is 101 cm³/mol. The minimum absolute atomic E-state index is 0.207. The molecule has 6 nitrogen and oxygen atoms in total. The van der Waals surface area contributed by atoms with Crippen LogP contribution in [0.2, 0.25) is 0 Å². The number of aryl methyl sites for hydroxylation is 1. The molecule has 0 fully saturated rings. The van der Waals surface area contributed by atoms with Crippen molar-refractivity contribution in [3.8, 4) is 16.3 Å². The van der Waals surface area contributed by atoms with Gasteiger partial charge in [-0.2, -0.15) is 5.10 Å². The first-order valence-electron chi connectivity index (χ1n) is 8.17. The number of carbonyl (C=O) groups is 1. The van der Waals surface area contributed by atoms with Gasteiger partial charge in [-0.05, 0) is 36.8 Å². The summed E-state index contributed by atoms with van der Waals surface area (Å²) in [4.78, 5) is 18.8. The van der Waals surface area contributed by atoms with Gasteiger partial charge in [-0.25, -0.2) is 4.98 Å². The van der Waals surface area contributed by atoms with Crippen LogP contribution in [0.3, 0.4) is 0 Å². The molecule has 7 heteroatoms. The molecule has 0 aliphatic carbocycles. The molecule has 0 saturated heterocycles. The molecular weight excluding hydrogens is 346 g/mol. The maximum Gasteiger partial charge on any atom is 0.272 e. The van der Waals surface area contributed by atoms with E-state index < -0.39 is 0 Å². The van der Waals surface area contributed by atoms with E-state index in [0.29, 0.717) is 12.2 Å². The first-order valence-corrected chi connectivity index (χ1v) is 8.99. The second-order valence-electron chi connectivity index (χ2n) is 5.86. The number of rotatable bonds is 5. The molecule has 1 aromatic carbocycles. The van der Waals surface area contributed by atoms with Crippen LogP contribution < -0.4 is 5.32 Å². The lowest BCUT2D eigenvalue weighted by Gasteiger charge is -2.10. The highest BCUT2D eigenvalue weighted by atomic mass is 32.1. The Morgan fingerprint density at radius 1 is 1.27 bits per heavy atom. The van der Waals surface area contributed by atoms with Gasteiger partial charge in [-0.1, -0.05) is 18.2 Å². The normalized spacial score (nSPS) is 10.8. The quantitative estimate of drug-likeness (QED) is 0.569. The van der Waals surface area contributed by atoms with E-state index in [2.05, 4.69) is 27.4 Å². The van der Waals surface area contributed by atoms with Crippen LogP contribution in [-0.4, -0.2) is 25.7 Å². The first-order chi connectivity index (χ1) is 12.7. The van der Waals surface area contributed by atoms with Gasteiger partial charge in [0.15, 0.2) is 5.69 Å². The number of thiophene rings is 1. The number of amides is 1. The molecule has 3 heterocycles.